The standard InChI is InChI=1S/C17H21N3/c1-2-6-14-13(5-1)8-10-18-17(14)19-15-9-12-20-11-4-3-7-16(15)20/h1-2,5-6,8,10,15-16H,3-4,7,9,11-12H2,(H,18,19). The maximum absolute atomic E-state index is 4.58. The van der Waals surface area contributed by atoms with Crippen molar-refractivity contribution in [2.24, 2.45) is 0 Å². The topological polar surface area (TPSA) is 28.2 Å². The van der Waals surface area contributed by atoms with E-state index >= 15 is 0 Å². The highest BCUT2D eigenvalue weighted by Crippen LogP contribution is 2.30. The molecule has 3 heteroatoms. The maximum Gasteiger partial charge on any atom is 0.134 e. The summed E-state index contributed by atoms with van der Waals surface area (Å²) in [6, 6.07) is 11.9. The average molecular weight is 267 g/mol. The Labute approximate surface area is 120 Å². The zero-order valence-corrected chi connectivity index (χ0v) is 11.8. The van der Waals surface area contributed by atoms with Gasteiger partial charge in [0.25, 0.3) is 0 Å². The van der Waals surface area contributed by atoms with Crippen molar-refractivity contribution in [3.8, 4) is 0 Å². The summed E-state index contributed by atoms with van der Waals surface area (Å²) in [5.41, 5.74) is 0. The van der Waals surface area contributed by atoms with Crippen LogP contribution in [-0.4, -0.2) is 35.1 Å². The molecule has 3 nitrogen and oxygen atoms in total. The number of hydrogen-bond acceptors (Lipinski definition) is 3. The quantitative estimate of drug-likeness (QED) is 0.905. The van der Waals surface area contributed by atoms with Crippen molar-refractivity contribution in [1.82, 2.24) is 9.88 Å². The van der Waals surface area contributed by atoms with E-state index in [9.17, 15) is 0 Å². The molecule has 2 aliphatic heterocycles. The van der Waals surface area contributed by atoms with Gasteiger partial charge in [0.05, 0.1) is 0 Å². The zero-order chi connectivity index (χ0) is 13.4. The van der Waals surface area contributed by atoms with E-state index in [1.807, 2.05) is 6.20 Å². The molecule has 1 aromatic carbocycles. The number of nitrogens with one attached hydrogen (secondary N) is 1. The van der Waals surface area contributed by atoms with E-state index in [-0.39, 0.29) is 0 Å². The number of aromatic nitrogens is 1. The lowest BCUT2D eigenvalue weighted by Gasteiger charge is -2.32. The van der Waals surface area contributed by atoms with Gasteiger partial charge in [-0.1, -0.05) is 30.7 Å². The average Bonchev–Trinajstić information content (AvgIpc) is 2.91. The number of benzene rings is 1. The molecule has 4 rings (SSSR count). The lowest BCUT2D eigenvalue weighted by Crippen LogP contribution is -2.41. The van der Waals surface area contributed by atoms with Crippen molar-refractivity contribution in [2.75, 3.05) is 18.4 Å². The molecule has 0 spiro atoms. The largest absolute Gasteiger partial charge is 0.365 e. The summed E-state index contributed by atoms with van der Waals surface area (Å²) in [6.07, 6.45) is 7.24. The Kier molecular flexibility index (Phi) is 3.07. The van der Waals surface area contributed by atoms with Crippen LogP contribution in [0.4, 0.5) is 5.82 Å². The first kappa shape index (κ1) is 12.2. The van der Waals surface area contributed by atoms with E-state index in [4.69, 9.17) is 0 Å². The first-order valence-corrected chi connectivity index (χ1v) is 7.76. The van der Waals surface area contributed by atoms with Gasteiger partial charge in [-0.25, -0.2) is 4.98 Å². The van der Waals surface area contributed by atoms with E-state index in [0.29, 0.717) is 12.1 Å². The highest BCUT2D eigenvalue weighted by Gasteiger charge is 2.35. The minimum absolute atomic E-state index is 0.564. The Morgan fingerprint density at radius 1 is 1.05 bits per heavy atom. The summed E-state index contributed by atoms with van der Waals surface area (Å²) >= 11 is 0. The van der Waals surface area contributed by atoms with Gasteiger partial charge in [-0.05, 0) is 37.3 Å². The molecule has 2 saturated heterocycles. The number of fused-ring (bicyclic) bond motifs is 2. The highest BCUT2D eigenvalue weighted by atomic mass is 15.2. The molecule has 2 unspecified atom stereocenters. The van der Waals surface area contributed by atoms with Crippen molar-refractivity contribution < 1.29 is 0 Å². The summed E-state index contributed by atoms with van der Waals surface area (Å²) in [4.78, 5) is 7.24. The minimum atomic E-state index is 0.564. The fourth-order valence-corrected chi connectivity index (χ4v) is 3.83. The fourth-order valence-electron chi connectivity index (χ4n) is 3.83. The molecular formula is C17H21N3. The Balaban J connectivity index is 1.61. The van der Waals surface area contributed by atoms with Crippen molar-refractivity contribution in [3.05, 3.63) is 36.5 Å². The third kappa shape index (κ3) is 2.06. The van der Waals surface area contributed by atoms with Gasteiger partial charge in [-0.2, -0.15) is 0 Å². The van der Waals surface area contributed by atoms with Gasteiger partial charge < -0.3 is 5.32 Å². The smallest absolute Gasteiger partial charge is 0.134 e. The first-order chi connectivity index (χ1) is 9.92. The molecule has 0 bridgehead atoms. The predicted molar refractivity (Wildman–Crippen MR) is 83.0 cm³/mol. The zero-order valence-electron chi connectivity index (χ0n) is 11.8. The molecule has 20 heavy (non-hydrogen) atoms. The Bertz CT molecular complexity index is 605. The van der Waals surface area contributed by atoms with Crippen LogP contribution in [0.2, 0.25) is 0 Å². The van der Waals surface area contributed by atoms with Gasteiger partial charge in [-0.3, -0.25) is 4.90 Å². The molecule has 0 aliphatic carbocycles. The minimum Gasteiger partial charge on any atom is -0.365 e. The van der Waals surface area contributed by atoms with Crippen molar-refractivity contribution >= 4 is 16.6 Å². The summed E-state index contributed by atoms with van der Waals surface area (Å²) in [7, 11) is 0. The van der Waals surface area contributed by atoms with Crippen LogP contribution < -0.4 is 5.32 Å². The van der Waals surface area contributed by atoms with E-state index in [1.165, 1.54) is 49.5 Å². The molecule has 104 valence electrons. The summed E-state index contributed by atoms with van der Waals surface area (Å²) in [5, 5.41) is 6.24. The van der Waals surface area contributed by atoms with Crippen LogP contribution in [0.5, 0.6) is 0 Å². The molecule has 0 saturated carbocycles. The number of anilines is 1. The highest BCUT2D eigenvalue weighted by molar-refractivity contribution is 5.91. The second-order valence-electron chi connectivity index (χ2n) is 6.02. The van der Waals surface area contributed by atoms with Crippen LogP contribution in [-0.2, 0) is 0 Å². The summed E-state index contributed by atoms with van der Waals surface area (Å²) < 4.78 is 0. The second-order valence-corrected chi connectivity index (χ2v) is 6.02. The van der Waals surface area contributed by atoms with Gasteiger partial charge in [0.1, 0.15) is 5.82 Å². The predicted octanol–water partition coefficient (Wildman–Crippen LogP) is 3.27. The third-order valence-corrected chi connectivity index (χ3v) is 4.85. The molecule has 3 heterocycles. The van der Waals surface area contributed by atoms with Crippen LogP contribution in [0.15, 0.2) is 36.5 Å². The van der Waals surface area contributed by atoms with Crippen molar-refractivity contribution in [2.45, 2.75) is 37.8 Å². The van der Waals surface area contributed by atoms with E-state index in [2.05, 4.69) is 45.5 Å². The van der Waals surface area contributed by atoms with Gasteiger partial charge in [0, 0.05) is 30.2 Å². The number of hydrogen-bond donors (Lipinski definition) is 1. The van der Waals surface area contributed by atoms with Gasteiger partial charge in [-0.15, -0.1) is 0 Å². The molecule has 2 atom stereocenters. The Hall–Kier alpha value is -1.61. The first-order valence-electron chi connectivity index (χ1n) is 7.76. The van der Waals surface area contributed by atoms with Crippen molar-refractivity contribution in [1.29, 1.82) is 0 Å². The number of pyridine rings is 1. The maximum atomic E-state index is 4.58. The molecule has 2 fully saturated rings. The van der Waals surface area contributed by atoms with E-state index < -0.39 is 0 Å². The normalized spacial score (nSPS) is 26.6. The van der Waals surface area contributed by atoms with E-state index in [0.717, 1.165) is 5.82 Å². The number of piperidine rings is 1. The van der Waals surface area contributed by atoms with Gasteiger partial charge >= 0.3 is 0 Å². The van der Waals surface area contributed by atoms with Gasteiger partial charge in [0.2, 0.25) is 0 Å². The molecule has 1 N–H and O–H groups in total. The molecule has 0 amide bonds. The van der Waals surface area contributed by atoms with Crippen LogP contribution >= 0.6 is 0 Å². The fraction of sp³-hybridized carbons (Fsp3) is 0.471. The molecule has 2 aliphatic rings. The lowest BCUT2D eigenvalue weighted by molar-refractivity contribution is 0.192. The van der Waals surface area contributed by atoms with Gasteiger partial charge in [0.15, 0.2) is 0 Å². The van der Waals surface area contributed by atoms with Crippen molar-refractivity contribution in [3.63, 3.8) is 0 Å². The Morgan fingerprint density at radius 2 is 2.00 bits per heavy atom. The van der Waals surface area contributed by atoms with Crippen LogP contribution in [0.25, 0.3) is 10.8 Å². The Morgan fingerprint density at radius 3 is 3.00 bits per heavy atom. The summed E-state index contributed by atoms with van der Waals surface area (Å²) in [5.74, 6) is 1.06. The SMILES string of the molecule is c1ccc2c(NC3CCN4CCCCC34)nccc2c1. The number of nitrogens with zero attached hydrogens (tertiary/aromatic N) is 2. The summed E-state index contributed by atoms with van der Waals surface area (Å²) in [6.45, 7) is 2.53. The van der Waals surface area contributed by atoms with Crippen LogP contribution in [0.1, 0.15) is 25.7 Å². The molecular weight excluding hydrogens is 246 g/mol. The second kappa shape index (κ2) is 5.06. The van der Waals surface area contributed by atoms with E-state index in [1.54, 1.807) is 0 Å². The number of rotatable bonds is 2. The lowest BCUT2D eigenvalue weighted by atomic mass is 9.99. The molecule has 1 aromatic heterocycles. The van der Waals surface area contributed by atoms with Crippen LogP contribution in [0.3, 0.4) is 0 Å². The monoisotopic (exact) mass is 267 g/mol. The van der Waals surface area contributed by atoms with Crippen LogP contribution in [0, 0.1) is 0 Å². The molecule has 0 radical (unpaired) electrons. The third-order valence-electron chi connectivity index (χ3n) is 4.85. The molecule has 2 aromatic rings.